The number of alkyl halides is 3. The fourth-order valence-electron chi connectivity index (χ4n) is 2.11. The minimum atomic E-state index is -4.37. The number of nitrogens with two attached hydrogens (primary N) is 1. The van der Waals surface area contributed by atoms with E-state index in [1.807, 2.05) is 0 Å². The van der Waals surface area contributed by atoms with Crippen LogP contribution >= 0.6 is 0 Å². The van der Waals surface area contributed by atoms with Gasteiger partial charge < -0.3 is 15.8 Å². The van der Waals surface area contributed by atoms with Gasteiger partial charge in [0.15, 0.2) is 11.7 Å². The molecule has 3 N–H and O–H groups in total. The fourth-order valence-corrected chi connectivity index (χ4v) is 2.11. The molecule has 21 heavy (non-hydrogen) atoms. The second kappa shape index (κ2) is 5.38. The number of halogens is 3. The molecule has 9 heteroatoms. The van der Waals surface area contributed by atoms with Crippen LogP contribution in [0.3, 0.4) is 0 Å². The van der Waals surface area contributed by atoms with Crippen molar-refractivity contribution < 1.29 is 18.4 Å². The smallest absolute Gasteiger partial charge is 0.405 e. The van der Waals surface area contributed by atoms with E-state index in [1.165, 1.54) is 0 Å². The fraction of sp³-hybridized carbons (Fsp3) is 0.583. The van der Waals surface area contributed by atoms with Crippen LogP contribution in [-0.4, -0.2) is 40.0 Å². The number of anilines is 1. The number of nitrogens with zero attached hydrogens (tertiary/aromatic N) is 4. The minimum Gasteiger partial charge on any atom is -0.409 e. The van der Waals surface area contributed by atoms with Gasteiger partial charge in [-0.1, -0.05) is 5.16 Å². The number of aromatic nitrogens is 2. The van der Waals surface area contributed by atoms with E-state index >= 15 is 0 Å². The molecule has 1 aromatic heterocycles. The summed E-state index contributed by atoms with van der Waals surface area (Å²) < 4.78 is 38.3. The molecule has 0 bridgehead atoms. The topological polar surface area (TPSA) is 87.6 Å². The molecular formula is C12H16F3N5O. The highest BCUT2D eigenvalue weighted by Crippen LogP contribution is 2.35. The van der Waals surface area contributed by atoms with Crippen LogP contribution in [0.25, 0.3) is 0 Å². The summed E-state index contributed by atoms with van der Waals surface area (Å²) in [6.07, 6.45) is -3.06. The first-order valence-electron chi connectivity index (χ1n) is 6.39. The summed E-state index contributed by atoms with van der Waals surface area (Å²) in [5.74, 6) is -0.262. The van der Waals surface area contributed by atoms with Crippen molar-refractivity contribution in [2.24, 2.45) is 10.9 Å². The van der Waals surface area contributed by atoms with Crippen LogP contribution in [0.5, 0.6) is 0 Å². The number of hydrogen-bond donors (Lipinski definition) is 2. The lowest BCUT2D eigenvalue weighted by molar-refractivity contribution is -0.120. The van der Waals surface area contributed by atoms with Gasteiger partial charge in [0.25, 0.3) is 0 Å². The van der Waals surface area contributed by atoms with Crippen LogP contribution < -0.4 is 10.6 Å². The Morgan fingerprint density at radius 2 is 2.00 bits per heavy atom. The summed E-state index contributed by atoms with van der Waals surface area (Å²) in [6.45, 7) is 2.17. The molecule has 0 atom stereocenters. The van der Waals surface area contributed by atoms with Gasteiger partial charge in [0.1, 0.15) is 6.54 Å². The van der Waals surface area contributed by atoms with E-state index in [2.05, 4.69) is 15.4 Å². The maximum Gasteiger partial charge on any atom is 0.405 e. The third-order valence-corrected chi connectivity index (χ3v) is 3.41. The van der Waals surface area contributed by atoms with Crippen molar-refractivity contribution in [3.05, 3.63) is 16.8 Å². The number of rotatable bonds is 4. The van der Waals surface area contributed by atoms with Crippen LogP contribution in [0.4, 0.5) is 19.0 Å². The summed E-state index contributed by atoms with van der Waals surface area (Å²) >= 11 is 0. The molecule has 6 nitrogen and oxygen atoms in total. The highest BCUT2D eigenvalue weighted by atomic mass is 19.4. The maximum absolute atomic E-state index is 12.8. The molecule has 1 saturated carbocycles. The Labute approximate surface area is 119 Å². The normalized spacial score (nSPS) is 16.1. The van der Waals surface area contributed by atoms with Crippen LogP contribution in [0.15, 0.2) is 5.16 Å². The second-order valence-electron chi connectivity index (χ2n) is 5.07. The lowest BCUT2D eigenvalue weighted by Crippen LogP contribution is -2.38. The SMILES string of the molecule is Cc1nnc(N(CC(F)(F)F)C2CC2)c(C(N)=NO)c1C. The van der Waals surface area contributed by atoms with Gasteiger partial charge in [0, 0.05) is 6.04 Å². The lowest BCUT2D eigenvalue weighted by Gasteiger charge is -2.27. The molecular weight excluding hydrogens is 287 g/mol. The molecule has 0 aromatic carbocycles. The van der Waals surface area contributed by atoms with Crippen LogP contribution in [0.2, 0.25) is 0 Å². The molecule has 0 saturated heterocycles. The quantitative estimate of drug-likeness (QED) is 0.383. The molecule has 0 aliphatic heterocycles. The van der Waals surface area contributed by atoms with Crippen molar-refractivity contribution in [2.45, 2.75) is 38.9 Å². The van der Waals surface area contributed by atoms with Gasteiger partial charge in [-0.3, -0.25) is 0 Å². The molecule has 1 aliphatic rings. The van der Waals surface area contributed by atoms with Gasteiger partial charge in [-0.25, -0.2) is 0 Å². The van der Waals surface area contributed by atoms with Crippen molar-refractivity contribution in [1.29, 1.82) is 0 Å². The summed E-state index contributed by atoms with van der Waals surface area (Å²) in [5.41, 5.74) is 6.87. The first kappa shape index (κ1) is 15.3. The average Bonchev–Trinajstić information content (AvgIpc) is 3.21. The molecule has 0 amide bonds. The van der Waals surface area contributed by atoms with E-state index in [0.29, 0.717) is 24.1 Å². The number of hydrogen-bond acceptors (Lipinski definition) is 5. The maximum atomic E-state index is 12.8. The Bertz CT molecular complexity index is 569. The predicted molar refractivity (Wildman–Crippen MR) is 70.4 cm³/mol. The summed E-state index contributed by atoms with van der Waals surface area (Å²) in [6, 6.07) is -0.242. The van der Waals surface area contributed by atoms with E-state index in [0.717, 1.165) is 4.90 Å². The van der Waals surface area contributed by atoms with Crippen molar-refractivity contribution in [3.8, 4) is 0 Å². The zero-order chi connectivity index (χ0) is 15.8. The molecule has 1 aromatic rings. The Kier molecular flexibility index (Phi) is 3.93. The summed E-state index contributed by atoms with van der Waals surface area (Å²) in [4.78, 5) is 1.13. The van der Waals surface area contributed by atoms with E-state index in [9.17, 15) is 13.2 Å². The first-order chi connectivity index (χ1) is 9.74. The molecule has 1 fully saturated rings. The summed E-state index contributed by atoms with van der Waals surface area (Å²) in [7, 11) is 0. The van der Waals surface area contributed by atoms with E-state index in [1.54, 1.807) is 13.8 Å². The van der Waals surface area contributed by atoms with Gasteiger partial charge in [0.05, 0.1) is 11.3 Å². The van der Waals surface area contributed by atoms with Crippen molar-refractivity contribution in [2.75, 3.05) is 11.4 Å². The largest absolute Gasteiger partial charge is 0.409 e. The first-order valence-corrected chi connectivity index (χ1v) is 6.39. The number of aryl methyl sites for hydroxylation is 1. The van der Waals surface area contributed by atoms with Crippen LogP contribution in [0, 0.1) is 13.8 Å². The molecule has 2 rings (SSSR count). The number of amidine groups is 1. The van der Waals surface area contributed by atoms with Crippen molar-refractivity contribution in [3.63, 3.8) is 0 Å². The Morgan fingerprint density at radius 1 is 1.38 bits per heavy atom. The molecule has 0 radical (unpaired) electrons. The molecule has 116 valence electrons. The van der Waals surface area contributed by atoms with Crippen molar-refractivity contribution >= 4 is 11.7 Å². The Hall–Kier alpha value is -2.06. The highest BCUT2D eigenvalue weighted by Gasteiger charge is 2.40. The van der Waals surface area contributed by atoms with E-state index in [-0.39, 0.29) is 23.3 Å². The second-order valence-corrected chi connectivity index (χ2v) is 5.07. The summed E-state index contributed by atoms with van der Waals surface area (Å²) in [5, 5.41) is 19.5. The molecule has 0 unspecified atom stereocenters. The van der Waals surface area contributed by atoms with Gasteiger partial charge in [-0.05, 0) is 32.3 Å². The Balaban J connectivity index is 2.52. The van der Waals surface area contributed by atoms with Crippen LogP contribution in [-0.2, 0) is 0 Å². The minimum absolute atomic E-state index is 0.00762. The average molecular weight is 303 g/mol. The lowest BCUT2D eigenvalue weighted by atomic mass is 10.1. The number of oxime groups is 1. The van der Waals surface area contributed by atoms with Gasteiger partial charge in [-0.15, -0.1) is 5.10 Å². The third kappa shape index (κ3) is 3.34. The van der Waals surface area contributed by atoms with Gasteiger partial charge in [-0.2, -0.15) is 18.3 Å². The van der Waals surface area contributed by atoms with Gasteiger partial charge >= 0.3 is 6.18 Å². The zero-order valence-corrected chi connectivity index (χ0v) is 11.6. The van der Waals surface area contributed by atoms with Crippen molar-refractivity contribution in [1.82, 2.24) is 10.2 Å². The van der Waals surface area contributed by atoms with Gasteiger partial charge in [0.2, 0.25) is 0 Å². The highest BCUT2D eigenvalue weighted by molar-refractivity contribution is 6.02. The molecule has 1 heterocycles. The zero-order valence-electron chi connectivity index (χ0n) is 11.6. The molecule has 1 aliphatic carbocycles. The predicted octanol–water partition coefficient (Wildman–Crippen LogP) is 1.72. The van der Waals surface area contributed by atoms with Crippen LogP contribution in [0.1, 0.15) is 29.7 Å². The van der Waals surface area contributed by atoms with E-state index < -0.39 is 12.7 Å². The van der Waals surface area contributed by atoms with E-state index in [4.69, 9.17) is 10.9 Å². The standard InChI is InChI=1S/C12H16F3N5O/c1-6-7(2)17-18-11(9(6)10(16)19-21)20(8-3-4-8)5-12(13,14)15/h8,21H,3-5H2,1-2H3,(H2,16,19). The Morgan fingerprint density at radius 3 is 2.48 bits per heavy atom. The monoisotopic (exact) mass is 303 g/mol. The molecule has 0 spiro atoms. The third-order valence-electron chi connectivity index (χ3n) is 3.41.